The average molecular weight is 541 g/mol. The van der Waals surface area contributed by atoms with Gasteiger partial charge >= 0.3 is 0 Å². The Kier molecular flexibility index (Phi) is 7.72. The molecular weight excluding hydrogens is 514 g/mol. The second-order valence-corrected chi connectivity index (χ2v) is 9.63. The van der Waals surface area contributed by atoms with E-state index < -0.39 is 22.9 Å². The first kappa shape index (κ1) is 25.9. The van der Waals surface area contributed by atoms with Crippen molar-refractivity contribution in [2.75, 3.05) is 43.5 Å². The van der Waals surface area contributed by atoms with E-state index >= 15 is 4.39 Å². The maximum Gasteiger partial charge on any atom is 0.201 e. The number of hydrogen-bond acceptors (Lipinski definition) is 8. The number of alkyl halides is 1. The first-order chi connectivity index (χ1) is 18.4. The van der Waals surface area contributed by atoms with Gasteiger partial charge in [-0.25, -0.2) is 36.9 Å². The third-order valence-electron chi connectivity index (χ3n) is 6.35. The van der Waals surface area contributed by atoms with E-state index in [2.05, 4.69) is 14.6 Å². The zero-order chi connectivity index (χ0) is 26.6. The summed E-state index contributed by atoms with van der Waals surface area (Å²) in [6, 6.07) is 13.4. The van der Waals surface area contributed by atoms with Crippen LogP contribution in [0, 0.1) is 5.82 Å². The van der Waals surface area contributed by atoms with Crippen molar-refractivity contribution in [1.29, 1.82) is 0 Å². The van der Waals surface area contributed by atoms with Gasteiger partial charge in [-0.2, -0.15) is 0 Å². The Labute approximate surface area is 219 Å². The third-order valence-corrected chi connectivity index (χ3v) is 6.83. The quantitative estimate of drug-likeness (QED) is 0.291. The predicted octanol–water partition coefficient (Wildman–Crippen LogP) is 3.43. The highest BCUT2D eigenvalue weighted by Gasteiger charge is 2.21. The number of nitrogens with zero attached hydrogens (tertiary/aromatic N) is 4. The fourth-order valence-electron chi connectivity index (χ4n) is 4.42. The van der Waals surface area contributed by atoms with Crippen molar-refractivity contribution in [1.82, 2.24) is 19.7 Å². The number of halogens is 2. The molecule has 5 rings (SSSR count). The minimum absolute atomic E-state index is 0.119. The summed E-state index contributed by atoms with van der Waals surface area (Å²) < 4.78 is 59.3. The molecule has 0 bridgehead atoms. The molecule has 0 spiro atoms. The summed E-state index contributed by atoms with van der Waals surface area (Å²) in [6.45, 7) is 2.24. The molecule has 1 unspecified atom stereocenters. The van der Waals surface area contributed by atoms with Gasteiger partial charge in [-0.05, 0) is 36.2 Å². The molecule has 3 N–H and O–H groups in total. The number of fused-ring (bicyclic) bond motifs is 1. The van der Waals surface area contributed by atoms with Gasteiger partial charge in [0.2, 0.25) is 10.9 Å². The van der Waals surface area contributed by atoms with Crippen LogP contribution in [0.5, 0.6) is 0 Å². The molecule has 38 heavy (non-hydrogen) atoms. The maximum absolute atomic E-state index is 15.5. The number of nitrogen functional groups attached to an aromatic ring is 1. The monoisotopic (exact) mass is 540 g/mol. The Morgan fingerprint density at radius 1 is 1.08 bits per heavy atom. The highest BCUT2D eigenvalue weighted by molar-refractivity contribution is 7.70. The molecule has 2 aromatic heterocycles. The molecule has 1 atom stereocenters. The molecule has 9 nitrogen and oxygen atoms in total. The molecule has 4 aromatic rings. The summed E-state index contributed by atoms with van der Waals surface area (Å²) >= 11 is 0. The molecule has 0 amide bonds. The third kappa shape index (κ3) is 5.57. The van der Waals surface area contributed by atoms with E-state index in [0.29, 0.717) is 60.4 Å². The molecule has 1 aliphatic heterocycles. The van der Waals surface area contributed by atoms with Crippen LogP contribution in [-0.4, -0.2) is 56.2 Å². The van der Waals surface area contributed by atoms with E-state index in [1.54, 1.807) is 42.6 Å². The Balaban J connectivity index is 1.56. The van der Waals surface area contributed by atoms with E-state index in [1.165, 1.54) is 6.07 Å². The van der Waals surface area contributed by atoms with Crippen molar-refractivity contribution in [3.8, 4) is 22.5 Å². The zero-order valence-electron chi connectivity index (χ0n) is 20.3. The second kappa shape index (κ2) is 11.3. The van der Waals surface area contributed by atoms with Crippen molar-refractivity contribution < 1.29 is 21.9 Å². The zero-order valence-corrected chi connectivity index (χ0v) is 21.2. The number of nitrogens with two attached hydrogens (primary N) is 1. The highest BCUT2D eigenvalue weighted by Crippen LogP contribution is 2.35. The fourth-order valence-corrected chi connectivity index (χ4v) is 4.73. The van der Waals surface area contributed by atoms with Crippen LogP contribution < -0.4 is 15.4 Å². The van der Waals surface area contributed by atoms with Gasteiger partial charge in [0.15, 0.2) is 5.82 Å². The van der Waals surface area contributed by atoms with Crippen LogP contribution in [-0.2, 0) is 15.6 Å². The van der Waals surface area contributed by atoms with Gasteiger partial charge in [0.1, 0.15) is 23.6 Å². The Morgan fingerprint density at radius 3 is 2.61 bits per heavy atom. The summed E-state index contributed by atoms with van der Waals surface area (Å²) in [5.74, 6) is 0.875. The van der Waals surface area contributed by atoms with E-state index in [9.17, 15) is 12.8 Å². The molecule has 1 aliphatic rings. The molecular formula is C26H26F2N6O3S. The Bertz CT molecular complexity index is 1520. The van der Waals surface area contributed by atoms with Crippen LogP contribution >= 0.6 is 0 Å². The lowest BCUT2D eigenvalue weighted by molar-refractivity contribution is 0.122. The molecule has 0 radical (unpaired) electrons. The first-order valence-corrected chi connectivity index (χ1v) is 13.3. The summed E-state index contributed by atoms with van der Waals surface area (Å²) in [7, 11) is -2.84. The number of pyridine rings is 1. The molecule has 1 fully saturated rings. The van der Waals surface area contributed by atoms with Gasteiger partial charge in [0, 0.05) is 47.9 Å². The van der Waals surface area contributed by atoms with Crippen LogP contribution in [0.25, 0.3) is 33.4 Å². The van der Waals surface area contributed by atoms with Gasteiger partial charge in [0.25, 0.3) is 0 Å². The van der Waals surface area contributed by atoms with Crippen molar-refractivity contribution in [2.24, 2.45) is 0 Å². The second-order valence-electron chi connectivity index (χ2n) is 8.80. The topological polar surface area (TPSA) is 123 Å². The lowest BCUT2D eigenvalue weighted by Gasteiger charge is -2.29. The van der Waals surface area contributed by atoms with Gasteiger partial charge in [-0.15, -0.1) is 0 Å². The molecule has 1 saturated heterocycles. The summed E-state index contributed by atoms with van der Waals surface area (Å²) in [5, 5.41) is 0.724. The number of hydrogen-bond donors (Lipinski definition) is 3. The van der Waals surface area contributed by atoms with Crippen molar-refractivity contribution in [2.45, 2.75) is 12.6 Å². The van der Waals surface area contributed by atoms with Gasteiger partial charge in [-0.1, -0.05) is 24.3 Å². The van der Waals surface area contributed by atoms with Crippen LogP contribution in [0.3, 0.4) is 0 Å². The van der Waals surface area contributed by atoms with Crippen LogP contribution in [0.15, 0.2) is 54.7 Å². The summed E-state index contributed by atoms with van der Waals surface area (Å²) in [5.41, 5.74) is 7.76. The van der Waals surface area contributed by atoms with Gasteiger partial charge in [-0.3, -0.25) is 0 Å². The van der Waals surface area contributed by atoms with Crippen LogP contribution in [0.1, 0.15) is 18.2 Å². The summed E-state index contributed by atoms with van der Waals surface area (Å²) in [4.78, 5) is 15.8. The average Bonchev–Trinajstić information content (AvgIpc) is 2.93. The number of benzene rings is 2. The number of rotatable bonds is 8. The summed E-state index contributed by atoms with van der Waals surface area (Å²) in [6.07, 6.45) is -0.229. The number of ether oxygens (including phenoxy) is 1. The van der Waals surface area contributed by atoms with E-state index in [1.807, 2.05) is 6.07 Å². The number of nitrogens with one attached hydrogen (secondary N) is 1. The Hall–Kier alpha value is -3.74. The minimum atomic E-state index is -2.84. The van der Waals surface area contributed by atoms with Crippen molar-refractivity contribution in [3.05, 3.63) is 66.1 Å². The van der Waals surface area contributed by atoms with Crippen LogP contribution in [0.2, 0.25) is 0 Å². The van der Waals surface area contributed by atoms with Gasteiger partial charge in [0.05, 0.1) is 18.7 Å². The van der Waals surface area contributed by atoms with E-state index in [-0.39, 0.29) is 24.1 Å². The predicted molar refractivity (Wildman–Crippen MR) is 142 cm³/mol. The first-order valence-electron chi connectivity index (χ1n) is 12.1. The standard InChI is InChI=1S/C26H26F2N6O3S/c27-21(8-9-31-38(35)36)19-3-1-2-18(24(19)28)16-4-6-22-20(14-16)26(34-10-12-37-13-11-34)33-25(32-22)17-5-7-23(29)30-15-17/h1-7,14-15,21,38H,8-13H2,(H2,29,30)(H,31,35,36). The highest BCUT2D eigenvalue weighted by atomic mass is 32.2. The maximum atomic E-state index is 15.5. The van der Waals surface area contributed by atoms with Crippen molar-refractivity contribution >= 4 is 33.4 Å². The smallest absolute Gasteiger partial charge is 0.201 e. The fraction of sp³-hybridized carbons (Fsp3) is 0.269. The normalized spacial score (nSPS) is 14.8. The lowest BCUT2D eigenvalue weighted by atomic mass is 9.97. The molecule has 0 saturated carbocycles. The lowest BCUT2D eigenvalue weighted by Crippen LogP contribution is -2.37. The van der Waals surface area contributed by atoms with E-state index in [4.69, 9.17) is 20.4 Å². The largest absolute Gasteiger partial charge is 0.384 e. The Morgan fingerprint density at radius 2 is 1.87 bits per heavy atom. The molecule has 198 valence electrons. The minimum Gasteiger partial charge on any atom is -0.384 e. The SMILES string of the molecule is Nc1ccc(-c2nc(N3CCOCC3)c3cc(-c4cccc(C(F)CCN[SH](=O)=O)c4F)ccc3n2)cn1. The number of thiol groups is 1. The molecule has 12 heteroatoms. The molecule has 3 heterocycles. The number of aromatic nitrogens is 3. The number of anilines is 2. The molecule has 2 aromatic carbocycles. The van der Waals surface area contributed by atoms with Gasteiger partial charge < -0.3 is 15.4 Å². The van der Waals surface area contributed by atoms with Crippen molar-refractivity contribution in [3.63, 3.8) is 0 Å². The molecule has 0 aliphatic carbocycles. The number of morpholine rings is 1. The van der Waals surface area contributed by atoms with Crippen LogP contribution in [0.4, 0.5) is 20.4 Å². The van der Waals surface area contributed by atoms with E-state index in [0.717, 1.165) is 5.39 Å².